The molecule has 0 spiro atoms. The molecule has 2 aromatic carbocycles. The van der Waals surface area contributed by atoms with E-state index in [1.165, 1.54) is 42.5 Å². The average molecular weight is 518 g/mol. The van der Waals surface area contributed by atoms with Crippen molar-refractivity contribution < 1.29 is 14.6 Å². The molecule has 1 fully saturated rings. The van der Waals surface area contributed by atoms with Gasteiger partial charge in [-0.3, -0.25) is 25.0 Å². The Morgan fingerprint density at radius 2 is 1.68 bits per heavy atom. The lowest BCUT2D eigenvalue weighted by Crippen LogP contribution is -2.28. The lowest BCUT2D eigenvalue weighted by molar-refractivity contribution is -0.385. The summed E-state index contributed by atoms with van der Waals surface area (Å²) < 4.78 is 0. The Morgan fingerprint density at radius 1 is 1.05 bits per heavy atom. The predicted molar refractivity (Wildman–Crippen MR) is 141 cm³/mol. The number of thiazole rings is 1. The number of anilines is 1. The topological polar surface area (TPSA) is 132 Å². The zero-order chi connectivity index (χ0) is 26.3. The van der Waals surface area contributed by atoms with Crippen molar-refractivity contribution in [3.8, 4) is 0 Å². The Kier molecular flexibility index (Phi) is 6.38. The van der Waals surface area contributed by atoms with Gasteiger partial charge >= 0.3 is 0 Å². The van der Waals surface area contributed by atoms with E-state index in [9.17, 15) is 25.0 Å². The van der Waals surface area contributed by atoms with Crippen LogP contribution in [0.15, 0.2) is 59.2 Å². The zero-order valence-corrected chi connectivity index (χ0v) is 21.0. The Morgan fingerprint density at radius 3 is 2.24 bits per heavy atom. The summed E-state index contributed by atoms with van der Waals surface area (Å²) in [5.41, 5.74) is 4.37. The van der Waals surface area contributed by atoms with Crippen LogP contribution in [-0.4, -0.2) is 26.3 Å². The van der Waals surface area contributed by atoms with Gasteiger partial charge in [0.2, 0.25) is 5.13 Å². The molecule has 2 unspecified atom stereocenters. The van der Waals surface area contributed by atoms with Gasteiger partial charge in [-0.15, -0.1) is 0 Å². The maximum absolute atomic E-state index is 12.1. The highest BCUT2D eigenvalue weighted by molar-refractivity contribution is 7.17. The number of hydrogen-bond donors (Lipinski definition) is 0. The first-order chi connectivity index (χ1) is 17.7. The van der Waals surface area contributed by atoms with E-state index in [1.54, 1.807) is 31.2 Å². The Balaban J connectivity index is 1.58. The van der Waals surface area contributed by atoms with Crippen LogP contribution < -0.4 is 5.01 Å². The van der Waals surface area contributed by atoms with Gasteiger partial charge in [0.25, 0.3) is 11.4 Å². The van der Waals surface area contributed by atoms with E-state index in [2.05, 4.69) is 4.98 Å². The molecule has 37 heavy (non-hydrogen) atoms. The van der Waals surface area contributed by atoms with Crippen LogP contribution in [0.5, 0.6) is 0 Å². The highest BCUT2D eigenvalue weighted by Crippen LogP contribution is 2.47. The van der Waals surface area contributed by atoms with Gasteiger partial charge in [-0.05, 0) is 61.1 Å². The van der Waals surface area contributed by atoms with E-state index in [1.807, 2.05) is 11.1 Å². The summed E-state index contributed by atoms with van der Waals surface area (Å²) in [5.74, 6) is -0.0411. The second-order valence-electron chi connectivity index (χ2n) is 9.11. The number of aryl methyl sites for hydroxylation is 1. The summed E-state index contributed by atoms with van der Waals surface area (Å²) in [7, 11) is 0. The van der Waals surface area contributed by atoms with Gasteiger partial charge in [-0.1, -0.05) is 23.5 Å². The number of aromatic nitrogens is 1. The number of rotatable bonds is 6. The Hall–Kier alpha value is -4.25. The molecule has 188 valence electrons. The molecule has 1 aromatic heterocycles. The second-order valence-corrected chi connectivity index (χ2v) is 10.1. The van der Waals surface area contributed by atoms with Crippen LogP contribution in [0.2, 0.25) is 0 Å². The van der Waals surface area contributed by atoms with Gasteiger partial charge in [-0.2, -0.15) is 5.10 Å². The molecule has 2 atom stereocenters. The molecule has 0 N–H and O–H groups in total. The summed E-state index contributed by atoms with van der Waals surface area (Å²) in [6, 6.07) is 12.7. The molecule has 0 amide bonds. The van der Waals surface area contributed by atoms with Gasteiger partial charge in [0.05, 0.1) is 32.2 Å². The van der Waals surface area contributed by atoms with E-state index in [0.29, 0.717) is 15.7 Å². The summed E-state index contributed by atoms with van der Waals surface area (Å²) in [6.07, 6.45) is 4.62. The molecular weight excluding hydrogens is 494 g/mol. The predicted octanol–water partition coefficient (Wildman–Crippen LogP) is 6.27. The number of non-ortho nitro benzene ring substituents is 2. The molecule has 2 heterocycles. The van der Waals surface area contributed by atoms with Gasteiger partial charge in [0, 0.05) is 37.1 Å². The molecular formula is C26H23N5O5S. The van der Waals surface area contributed by atoms with E-state index < -0.39 is 9.85 Å². The molecule has 11 heteroatoms. The number of ketones is 1. The van der Waals surface area contributed by atoms with E-state index in [4.69, 9.17) is 5.10 Å². The van der Waals surface area contributed by atoms with Crippen molar-refractivity contribution in [2.45, 2.75) is 39.2 Å². The first-order valence-electron chi connectivity index (χ1n) is 11.8. The number of allylic oxidation sites excluding steroid dienone is 1. The molecule has 5 rings (SSSR count). The van der Waals surface area contributed by atoms with Crippen LogP contribution in [0, 0.1) is 33.1 Å². The number of Topliss-reactive ketones (excluding diaryl/α,β-unsaturated/α-hetero) is 1. The first-order valence-corrected chi connectivity index (χ1v) is 12.6. The number of hydrogen-bond acceptors (Lipinski definition) is 9. The van der Waals surface area contributed by atoms with Crippen LogP contribution in [0.3, 0.4) is 0 Å². The summed E-state index contributed by atoms with van der Waals surface area (Å²) in [5, 5.41) is 29.7. The molecule has 1 saturated carbocycles. The number of fused-ring (bicyclic) bond motifs is 1. The van der Waals surface area contributed by atoms with Gasteiger partial charge in [0.15, 0.2) is 5.78 Å². The molecule has 0 saturated heterocycles. The Bertz CT molecular complexity index is 1460. The summed E-state index contributed by atoms with van der Waals surface area (Å²) in [4.78, 5) is 38.7. The molecule has 3 aromatic rings. The third-order valence-electron chi connectivity index (χ3n) is 6.69. The van der Waals surface area contributed by atoms with E-state index in [0.717, 1.165) is 41.7 Å². The van der Waals surface area contributed by atoms with Gasteiger partial charge < -0.3 is 0 Å². The monoisotopic (exact) mass is 517 g/mol. The quantitative estimate of drug-likeness (QED) is 0.214. The standard InChI is InChI=1S/C26H23N5O5S/c1-15-25(16(2)32)37-26(27-15)29-24(18-8-12-21(13-9-18)31(35)36)22-5-3-4-19(23(22)28-29)14-17-6-10-20(11-7-17)30(33)34/h6-14,22,24H,3-5H2,1-2H3/b19-14-. The minimum atomic E-state index is -0.424. The summed E-state index contributed by atoms with van der Waals surface area (Å²) in [6.45, 7) is 3.31. The van der Waals surface area contributed by atoms with Crippen molar-refractivity contribution in [1.29, 1.82) is 0 Å². The van der Waals surface area contributed by atoms with Crippen LogP contribution in [0.4, 0.5) is 16.5 Å². The van der Waals surface area contributed by atoms with Crippen LogP contribution in [0.1, 0.15) is 58.7 Å². The number of nitro benzene ring substituents is 2. The summed E-state index contributed by atoms with van der Waals surface area (Å²) >= 11 is 1.29. The smallest absolute Gasteiger partial charge is 0.269 e. The molecule has 2 aliphatic rings. The van der Waals surface area contributed by atoms with Gasteiger partial charge in [-0.25, -0.2) is 9.99 Å². The van der Waals surface area contributed by atoms with Crippen LogP contribution in [-0.2, 0) is 0 Å². The minimum Gasteiger partial charge on any atom is -0.294 e. The number of hydrazone groups is 1. The number of carbonyl (C=O) groups excluding carboxylic acids is 1. The lowest BCUT2D eigenvalue weighted by Gasteiger charge is -2.29. The fraction of sp³-hybridized carbons (Fsp3) is 0.269. The van der Waals surface area contributed by atoms with Crippen molar-refractivity contribution in [3.63, 3.8) is 0 Å². The lowest BCUT2D eigenvalue weighted by atomic mass is 9.77. The van der Waals surface area contributed by atoms with E-state index in [-0.39, 0.29) is 29.1 Å². The van der Waals surface area contributed by atoms with Crippen molar-refractivity contribution in [1.82, 2.24) is 4.98 Å². The highest BCUT2D eigenvalue weighted by atomic mass is 32.1. The molecule has 10 nitrogen and oxygen atoms in total. The number of nitrogens with zero attached hydrogens (tertiary/aromatic N) is 5. The fourth-order valence-corrected chi connectivity index (χ4v) is 5.93. The molecule has 0 radical (unpaired) electrons. The SMILES string of the molecule is CC(=O)c1sc(N2N=C3/C(=C\c4ccc([N+](=O)[O-])cc4)CCCC3C2c2ccc([N+](=O)[O-])cc2)nc1C. The van der Waals surface area contributed by atoms with Crippen molar-refractivity contribution in [3.05, 3.63) is 96.0 Å². The zero-order valence-electron chi connectivity index (χ0n) is 20.2. The van der Waals surface area contributed by atoms with Crippen molar-refractivity contribution in [2.75, 3.05) is 5.01 Å². The average Bonchev–Trinajstić information content (AvgIpc) is 3.46. The third kappa shape index (κ3) is 4.65. The second kappa shape index (κ2) is 9.66. The van der Waals surface area contributed by atoms with Gasteiger partial charge in [0.1, 0.15) is 0 Å². The minimum absolute atomic E-state index is 0.0146. The Labute approximate surface area is 216 Å². The van der Waals surface area contributed by atoms with Crippen molar-refractivity contribution in [2.24, 2.45) is 11.0 Å². The maximum atomic E-state index is 12.1. The van der Waals surface area contributed by atoms with Crippen molar-refractivity contribution >= 4 is 45.4 Å². The number of benzene rings is 2. The first kappa shape index (κ1) is 24.4. The van der Waals surface area contributed by atoms with Crippen LogP contribution in [0.25, 0.3) is 6.08 Å². The molecule has 1 aliphatic carbocycles. The number of carbonyl (C=O) groups is 1. The molecule has 1 aliphatic heterocycles. The third-order valence-corrected chi connectivity index (χ3v) is 7.94. The van der Waals surface area contributed by atoms with Crippen LogP contribution >= 0.6 is 11.3 Å². The fourth-order valence-electron chi connectivity index (χ4n) is 4.98. The maximum Gasteiger partial charge on any atom is 0.269 e. The molecule has 0 bridgehead atoms. The number of nitro groups is 2. The normalized spacial score (nSPS) is 20.0. The largest absolute Gasteiger partial charge is 0.294 e. The highest BCUT2D eigenvalue weighted by Gasteiger charge is 2.43. The van der Waals surface area contributed by atoms with E-state index >= 15 is 0 Å².